The Morgan fingerprint density at radius 2 is 1.79 bits per heavy atom. The molecule has 1 aliphatic carbocycles. The van der Waals surface area contributed by atoms with Crippen molar-refractivity contribution in [2.75, 3.05) is 13.1 Å². The van der Waals surface area contributed by atoms with E-state index in [-0.39, 0.29) is 28.9 Å². The molecule has 2 aliphatic rings. The zero-order chi connectivity index (χ0) is 23.4. The highest BCUT2D eigenvalue weighted by molar-refractivity contribution is 5.89. The van der Waals surface area contributed by atoms with Crippen LogP contribution in [0.3, 0.4) is 0 Å². The van der Waals surface area contributed by atoms with Gasteiger partial charge in [0.2, 0.25) is 5.91 Å². The average molecular weight is 451 g/mol. The monoisotopic (exact) mass is 450 g/mol. The Labute approximate surface area is 191 Å². The number of aliphatic hydroxyl groups is 1. The standard InChI is InChI=1S/C24H30N6O3/c1-23(7-8-23)22(32)29-11-9-24(33,10-12-29)14-30-15-26-18-19(21(30)31)27-28(2)20(18)17-5-3-16(13-25)4-6-17/h3-6,15,33H,7-14,25H2,1-2H3. The Bertz CT molecular complexity index is 1260. The predicted molar refractivity (Wildman–Crippen MR) is 124 cm³/mol. The number of hydrogen-bond donors (Lipinski definition) is 2. The Morgan fingerprint density at radius 3 is 2.39 bits per heavy atom. The molecule has 2 fully saturated rings. The number of nitrogens with zero attached hydrogens (tertiary/aromatic N) is 5. The number of hydrogen-bond acceptors (Lipinski definition) is 6. The van der Waals surface area contributed by atoms with Gasteiger partial charge in [-0.2, -0.15) is 5.10 Å². The van der Waals surface area contributed by atoms with E-state index in [1.165, 1.54) is 10.9 Å². The van der Waals surface area contributed by atoms with Crippen LogP contribution in [0, 0.1) is 5.41 Å². The smallest absolute Gasteiger partial charge is 0.281 e. The van der Waals surface area contributed by atoms with Gasteiger partial charge in [0.1, 0.15) is 5.52 Å². The van der Waals surface area contributed by atoms with Crippen molar-refractivity contribution in [3.63, 3.8) is 0 Å². The van der Waals surface area contributed by atoms with E-state index in [9.17, 15) is 14.7 Å². The molecule has 9 heteroatoms. The van der Waals surface area contributed by atoms with Crippen LogP contribution in [0.15, 0.2) is 35.4 Å². The SMILES string of the molecule is Cn1nc2c(=O)n(CC3(O)CCN(C(=O)C4(C)CC4)CC3)cnc2c1-c1ccc(CN)cc1. The molecule has 0 bridgehead atoms. The number of fused-ring (bicyclic) bond motifs is 1. The number of amides is 1. The summed E-state index contributed by atoms with van der Waals surface area (Å²) in [5, 5.41) is 15.6. The molecule has 1 saturated carbocycles. The second-order valence-electron chi connectivity index (χ2n) is 9.83. The lowest BCUT2D eigenvalue weighted by molar-refractivity contribution is -0.141. The number of benzene rings is 1. The first kappa shape index (κ1) is 21.8. The molecule has 5 rings (SSSR count). The van der Waals surface area contributed by atoms with Crippen LogP contribution in [-0.2, 0) is 24.9 Å². The third kappa shape index (κ3) is 3.85. The molecule has 3 aromatic rings. The fourth-order valence-corrected chi connectivity index (χ4v) is 4.71. The van der Waals surface area contributed by atoms with E-state index < -0.39 is 5.60 Å². The summed E-state index contributed by atoms with van der Waals surface area (Å²) in [7, 11) is 1.79. The van der Waals surface area contributed by atoms with Gasteiger partial charge in [-0.1, -0.05) is 31.2 Å². The number of rotatable bonds is 5. The van der Waals surface area contributed by atoms with E-state index >= 15 is 0 Å². The summed E-state index contributed by atoms with van der Waals surface area (Å²) < 4.78 is 3.11. The average Bonchev–Trinajstić information content (AvgIpc) is 3.47. The number of aromatic nitrogens is 4. The summed E-state index contributed by atoms with van der Waals surface area (Å²) >= 11 is 0. The molecule has 1 aliphatic heterocycles. The molecule has 1 aromatic carbocycles. The van der Waals surface area contributed by atoms with Crippen molar-refractivity contribution in [1.29, 1.82) is 0 Å². The summed E-state index contributed by atoms with van der Waals surface area (Å²) in [5.41, 5.74) is 7.64. The van der Waals surface area contributed by atoms with Crippen LogP contribution in [0.2, 0.25) is 0 Å². The normalized spacial score (nSPS) is 19.1. The quantitative estimate of drug-likeness (QED) is 0.607. The lowest BCUT2D eigenvalue weighted by Gasteiger charge is -2.39. The number of carbonyl (C=O) groups is 1. The van der Waals surface area contributed by atoms with E-state index in [0.717, 1.165) is 29.7 Å². The molecular formula is C24H30N6O3. The van der Waals surface area contributed by atoms with Crippen LogP contribution in [-0.4, -0.2) is 53.9 Å². The molecule has 0 unspecified atom stereocenters. The zero-order valence-electron chi connectivity index (χ0n) is 19.1. The first-order valence-corrected chi connectivity index (χ1v) is 11.5. The molecule has 0 spiro atoms. The molecule has 2 aromatic heterocycles. The maximum Gasteiger partial charge on any atom is 0.281 e. The minimum atomic E-state index is -1.06. The Hall–Kier alpha value is -3.04. The highest BCUT2D eigenvalue weighted by Crippen LogP contribution is 2.47. The summed E-state index contributed by atoms with van der Waals surface area (Å²) in [4.78, 5) is 32.2. The molecule has 33 heavy (non-hydrogen) atoms. The molecule has 1 amide bonds. The lowest BCUT2D eigenvalue weighted by atomic mass is 9.90. The number of piperidine rings is 1. The second kappa shape index (κ2) is 7.78. The van der Waals surface area contributed by atoms with Gasteiger partial charge in [0.25, 0.3) is 5.56 Å². The molecule has 9 nitrogen and oxygen atoms in total. The van der Waals surface area contributed by atoms with Crippen LogP contribution >= 0.6 is 0 Å². The fraction of sp³-hybridized carbons (Fsp3) is 0.500. The molecule has 0 atom stereocenters. The van der Waals surface area contributed by atoms with Crippen LogP contribution in [0.1, 0.15) is 38.2 Å². The first-order chi connectivity index (χ1) is 15.7. The highest BCUT2D eigenvalue weighted by atomic mass is 16.3. The van der Waals surface area contributed by atoms with Gasteiger partial charge in [-0.25, -0.2) is 4.98 Å². The predicted octanol–water partition coefficient (Wildman–Crippen LogP) is 1.41. The molecule has 1 saturated heterocycles. The van der Waals surface area contributed by atoms with Crippen molar-refractivity contribution in [3.05, 3.63) is 46.5 Å². The van der Waals surface area contributed by atoms with Crippen molar-refractivity contribution in [2.24, 2.45) is 18.2 Å². The van der Waals surface area contributed by atoms with Gasteiger partial charge in [0, 0.05) is 37.7 Å². The largest absolute Gasteiger partial charge is 0.388 e. The third-order valence-corrected chi connectivity index (χ3v) is 7.24. The maximum atomic E-state index is 13.2. The van der Waals surface area contributed by atoms with Crippen LogP contribution in [0.5, 0.6) is 0 Å². The molecule has 0 radical (unpaired) electrons. The van der Waals surface area contributed by atoms with Crippen molar-refractivity contribution in [3.8, 4) is 11.3 Å². The number of likely N-dealkylation sites (tertiary alicyclic amines) is 1. The van der Waals surface area contributed by atoms with E-state index in [4.69, 9.17) is 5.73 Å². The van der Waals surface area contributed by atoms with Crippen molar-refractivity contribution in [2.45, 2.75) is 51.3 Å². The topological polar surface area (TPSA) is 119 Å². The Balaban J connectivity index is 1.38. The zero-order valence-corrected chi connectivity index (χ0v) is 19.1. The molecule has 3 N–H and O–H groups in total. The maximum absolute atomic E-state index is 13.2. The molecular weight excluding hydrogens is 420 g/mol. The van der Waals surface area contributed by atoms with Crippen molar-refractivity contribution < 1.29 is 9.90 Å². The summed E-state index contributed by atoms with van der Waals surface area (Å²) in [6.07, 6.45) is 4.24. The van der Waals surface area contributed by atoms with E-state index in [2.05, 4.69) is 10.1 Å². The first-order valence-electron chi connectivity index (χ1n) is 11.5. The highest BCUT2D eigenvalue weighted by Gasteiger charge is 2.48. The van der Waals surface area contributed by atoms with Gasteiger partial charge in [0.05, 0.1) is 24.2 Å². The van der Waals surface area contributed by atoms with Gasteiger partial charge >= 0.3 is 0 Å². The Morgan fingerprint density at radius 1 is 1.12 bits per heavy atom. The Kier molecular flexibility index (Phi) is 5.13. The minimum Gasteiger partial charge on any atom is -0.388 e. The summed E-state index contributed by atoms with van der Waals surface area (Å²) in [6.45, 7) is 3.60. The molecule has 174 valence electrons. The van der Waals surface area contributed by atoms with Crippen molar-refractivity contribution in [1.82, 2.24) is 24.2 Å². The fourth-order valence-electron chi connectivity index (χ4n) is 4.71. The van der Waals surface area contributed by atoms with Gasteiger partial charge in [-0.05, 0) is 31.2 Å². The number of aryl methyl sites for hydroxylation is 1. The van der Waals surface area contributed by atoms with Crippen LogP contribution < -0.4 is 11.3 Å². The van der Waals surface area contributed by atoms with Gasteiger partial charge in [-0.3, -0.25) is 18.8 Å². The third-order valence-electron chi connectivity index (χ3n) is 7.24. The van der Waals surface area contributed by atoms with Gasteiger partial charge < -0.3 is 15.7 Å². The summed E-state index contributed by atoms with van der Waals surface area (Å²) in [5.74, 6) is 0.185. The van der Waals surface area contributed by atoms with E-state index in [1.54, 1.807) is 11.7 Å². The molecule has 3 heterocycles. The lowest BCUT2D eigenvalue weighted by Crippen LogP contribution is -2.51. The number of nitrogens with two attached hydrogens (primary N) is 1. The number of carbonyl (C=O) groups excluding carboxylic acids is 1. The summed E-state index contributed by atoms with van der Waals surface area (Å²) in [6, 6.07) is 7.80. The van der Waals surface area contributed by atoms with Crippen LogP contribution in [0.25, 0.3) is 22.3 Å². The van der Waals surface area contributed by atoms with Crippen molar-refractivity contribution >= 4 is 16.9 Å². The van der Waals surface area contributed by atoms with Crippen LogP contribution in [0.4, 0.5) is 0 Å². The van der Waals surface area contributed by atoms with Gasteiger partial charge in [0.15, 0.2) is 5.52 Å². The van der Waals surface area contributed by atoms with Gasteiger partial charge in [-0.15, -0.1) is 0 Å². The van der Waals surface area contributed by atoms with E-state index in [1.807, 2.05) is 36.1 Å². The van der Waals surface area contributed by atoms with E-state index in [0.29, 0.717) is 38.0 Å². The minimum absolute atomic E-state index is 0.130. The second-order valence-corrected chi connectivity index (χ2v) is 9.83.